The van der Waals surface area contributed by atoms with Crippen LogP contribution in [0.4, 0.5) is 0 Å². The fourth-order valence-corrected chi connectivity index (χ4v) is 6.53. The van der Waals surface area contributed by atoms with E-state index < -0.39 is 0 Å². The van der Waals surface area contributed by atoms with Gasteiger partial charge in [-0.3, -0.25) is 0 Å². The van der Waals surface area contributed by atoms with E-state index in [-0.39, 0.29) is 11.9 Å². The lowest BCUT2D eigenvalue weighted by Gasteiger charge is -2.49. The average molecular weight is 276 g/mol. The molecule has 0 spiro atoms. The lowest BCUT2D eigenvalue weighted by molar-refractivity contribution is -0.224. The van der Waals surface area contributed by atoms with Crippen molar-refractivity contribution in [2.45, 2.75) is 58.8 Å². The third-order valence-corrected chi connectivity index (χ3v) is 7.22. The van der Waals surface area contributed by atoms with Crippen LogP contribution >= 0.6 is 0 Å². The second-order valence-electron chi connectivity index (χ2n) is 7.98. The summed E-state index contributed by atoms with van der Waals surface area (Å²) in [6.07, 6.45) is 8.98. The Morgan fingerprint density at radius 1 is 1.25 bits per heavy atom. The lowest BCUT2D eigenvalue weighted by Crippen LogP contribution is -2.49. The maximum absolute atomic E-state index is 6.39. The molecule has 0 radical (unpaired) electrons. The van der Waals surface area contributed by atoms with Crippen LogP contribution in [0.25, 0.3) is 0 Å². The largest absolute Gasteiger partial charge is 0.353 e. The van der Waals surface area contributed by atoms with Crippen molar-refractivity contribution in [1.82, 2.24) is 0 Å². The molecule has 0 aliphatic heterocycles. The average Bonchev–Trinajstić information content (AvgIpc) is 3.06. The predicted octanol–water partition coefficient (Wildman–Crippen LogP) is 4.01. The van der Waals surface area contributed by atoms with Crippen LogP contribution in [0.2, 0.25) is 0 Å². The van der Waals surface area contributed by atoms with Crippen molar-refractivity contribution in [2.75, 3.05) is 6.61 Å². The van der Waals surface area contributed by atoms with Gasteiger partial charge in [0.25, 0.3) is 0 Å². The maximum Gasteiger partial charge on any atom is 0.155 e. The van der Waals surface area contributed by atoms with E-state index in [0.29, 0.717) is 5.41 Å². The number of fused-ring (bicyclic) bond motifs is 9. The summed E-state index contributed by atoms with van der Waals surface area (Å²) in [5, 5.41) is 0. The van der Waals surface area contributed by atoms with E-state index in [0.717, 1.165) is 36.2 Å². The van der Waals surface area contributed by atoms with Crippen LogP contribution in [0.3, 0.4) is 0 Å². The van der Waals surface area contributed by atoms with E-state index in [1.165, 1.54) is 19.3 Å². The molecule has 4 aliphatic carbocycles. The Bertz CT molecular complexity index is 445. The molecule has 3 saturated carbocycles. The molecule has 4 aliphatic rings. The molecular formula is C18H28O2. The second-order valence-corrected chi connectivity index (χ2v) is 7.98. The Kier molecular flexibility index (Phi) is 2.74. The van der Waals surface area contributed by atoms with E-state index in [1.807, 2.05) is 6.92 Å². The molecule has 2 heteroatoms. The zero-order valence-electron chi connectivity index (χ0n) is 13.3. The highest BCUT2D eigenvalue weighted by molar-refractivity contribution is 5.27. The Balaban J connectivity index is 1.59. The first-order valence-corrected chi connectivity index (χ1v) is 8.46. The van der Waals surface area contributed by atoms with Crippen molar-refractivity contribution in [3.8, 4) is 0 Å². The summed E-state index contributed by atoms with van der Waals surface area (Å²) < 4.78 is 12.0. The highest BCUT2D eigenvalue weighted by Crippen LogP contribution is 2.74. The molecule has 4 bridgehead atoms. The molecule has 0 aromatic rings. The van der Waals surface area contributed by atoms with E-state index in [4.69, 9.17) is 9.47 Å². The quantitative estimate of drug-likeness (QED) is 0.439. The monoisotopic (exact) mass is 276 g/mol. The Hall–Kier alpha value is -0.340. The van der Waals surface area contributed by atoms with Crippen molar-refractivity contribution in [1.29, 1.82) is 0 Å². The number of hydrogen-bond donors (Lipinski definition) is 0. The Morgan fingerprint density at radius 3 is 2.80 bits per heavy atom. The molecule has 0 amide bonds. The van der Waals surface area contributed by atoms with Crippen LogP contribution in [0.5, 0.6) is 0 Å². The molecule has 2 nitrogen and oxygen atoms in total. The topological polar surface area (TPSA) is 18.5 Å². The summed E-state index contributed by atoms with van der Waals surface area (Å²) in [5.74, 6) is 4.12. The van der Waals surface area contributed by atoms with Gasteiger partial charge in [-0.2, -0.15) is 0 Å². The van der Waals surface area contributed by atoms with E-state index in [9.17, 15) is 0 Å². The van der Waals surface area contributed by atoms with Gasteiger partial charge in [-0.25, -0.2) is 0 Å². The van der Waals surface area contributed by atoms with Crippen LogP contribution in [0.15, 0.2) is 12.2 Å². The minimum Gasteiger partial charge on any atom is -0.353 e. The number of rotatable bonds is 4. The molecule has 0 saturated heterocycles. The zero-order chi connectivity index (χ0) is 14.1. The van der Waals surface area contributed by atoms with Gasteiger partial charge >= 0.3 is 0 Å². The molecule has 3 fully saturated rings. The highest BCUT2D eigenvalue weighted by Gasteiger charge is 2.70. The van der Waals surface area contributed by atoms with Gasteiger partial charge in [0.15, 0.2) is 6.29 Å². The third-order valence-electron chi connectivity index (χ3n) is 7.22. The highest BCUT2D eigenvalue weighted by atomic mass is 16.7. The summed E-state index contributed by atoms with van der Waals surface area (Å²) in [7, 11) is 0. The number of allylic oxidation sites excluding steroid dienone is 2. The fourth-order valence-electron chi connectivity index (χ4n) is 6.53. The molecule has 0 aromatic carbocycles. The summed E-state index contributed by atoms with van der Waals surface area (Å²) in [6.45, 7) is 9.76. The van der Waals surface area contributed by atoms with Crippen molar-refractivity contribution in [3.05, 3.63) is 12.2 Å². The normalized spacial score (nSPS) is 56.5. The SMILES string of the molecule is CCOC(C)OC1(C)CC2CC1C1C3C=CC(C3)C21C. The molecule has 20 heavy (non-hydrogen) atoms. The van der Waals surface area contributed by atoms with Gasteiger partial charge in [-0.1, -0.05) is 19.1 Å². The number of hydrogen-bond acceptors (Lipinski definition) is 2. The summed E-state index contributed by atoms with van der Waals surface area (Å²) >= 11 is 0. The molecule has 8 unspecified atom stereocenters. The van der Waals surface area contributed by atoms with Crippen LogP contribution in [0, 0.1) is 35.0 Å². The van der Waals surface area contributed by atoms with Crippen molar-refractivity contribution in [3.63, 3.8) is 0 Å². The van der Waals surface area contributed by atoms with Crippen molar-refractivity contribution in [2.24, 2.45) is 35.0 Å². The van der Waals surface area contributed by atoms with Crippen molar-refractivity contribution >= 4 is 0 Å². The van der Waals surface area contributed by atoms with Crippen molar-refractivity contribution < 1.29 is 9.47 Å². The van der Waals surface area contributed by atoms with Crippen LogP contribution in [-0.4, -0.2) is 18.5 Å². The van der Waals surface area contributed by atoms with Gasteiger partial charge in [-0.15, -0.1) is 0 Å². The van der Waals surface area contributed by atoms with Crippen LogP contribution in [0.1, 0.15) is 47.0 Å². The minimum atomic E-state index is -0.0651. The Morgan fingerprint density at radius 2 is 2.05 bits per heavy atom. The molecule has 4 rings (SSSR count). The molecule has 0 N–H and O–H groups in total. The maximum atomic E-state index is 6.39. The van der Waals surface area contributed by atoms with Gasteiger partial charge in [0.1, 0.15) is 0 Å². The van der Waals surface area contributed by atoms with E-state index >= 15 is 0 Å². The van der Waals surface area contributed by atoms with Gasteiger partial charge in [0, 0.05) is 6.61 Å². The smallest absolute Gasteiger partial charge is 0.155 e. The van der Waals surface area contributed by atoms with E-state index in [1.54, 1.807) is 0 Å². The Labute approximate surface area is 122 Å². The summed E-state index contributed by atoms with van der Waals surface area (Å²) in [4.78, 5) is 0. The molecule has 0 heterocycles. The third kappa shape index (κ3) is 1.47. The molecule has 0 aromatic heterocycles. The first-order valence-electron chi connectivity index (χ1n) is 8.46. The fraction of sp³-hybridized carbons (Fsp3) is 0.889. The van der Waals surface area contributed by atoms with Crippen LogP contribution in [-0.2, 0) is 9.47 Å². The standard InChI is InChI=1S/C18H28O2/c1-5-19-11(2)20-17(3)10-14-9-15(17)16-12-6-7-13(8-12)18(14,16)4/h6-7,11-16H,5,8-10H2,1-4H3. The minimum absolute atomic E-state index is 0.0434. The lowest BCUT2D eigenvalue weighted by atomic mass is 9.59. The second kappa shape index (κ2) is 4.10. The zero-order valence-corrected chi connectivity index (χ0v) is 13.3. The number of ether oxygens (including phenoxy) is 2. The summed E-state index contributed by atoms with van der Waals surface area (Å²) in [6, 6.07) is 0. The predicted molar refractivity (Wildman–Crippen MR) is 79.1 cm³/mol. The van der Waals surface area contributed by atoms with E-state index in [2.05, 4.69) is 32.9 Å². The molecule has 112 valence electrons. The van der Waals surface area contributed by atoms with Gasteiger partial charge in [-0.05, 0) is 75.0 Å². The van der Waals surface area contributed by atoms with Gasteiger partial charge in [0.05, 0.1) is 5.60 Å². The van der Waals surface area contributed by atoms with Gasteiger partial charge in [0.2, 0.25) is 0 Å². The van der Waals surface area contributed by atoms with Gasteiger partial charge < -0.3 is 9.47 Å². The first kappa shape index (κ1) is 13.3. The first-order chi connectivity index (χ1) is 9.49. The molecule has 8 atom stereocenters. The molecular weight excluding hydrogens is 248 g/mol. The summed E-state index contributed by atoms with van der Waals surface area (Å²) in [5.41, 5.74) is 0.615. The van der Waals surface area contributed by atoms with Crippen LogP contribution < -0.4 is 0 Å².